The fraction of sp³-hybridized carbons (Fsp3) is 0.667. The second-order valence-corrected chi connectivity index (χ2v) is 8.35. The molecule has 1 aliphatic rings. The van der Waals surface area contributed by atoms with Crippen LogP contribution in [0.1, 0.15) is 81.5 Å². The zero-order valence-corrected chi connectivity index (χ0v) is 16.0. The van der Waals surface area contributed by atoms with Gasteiger partial charge < -0.3 is 10.4 Å². The Balaban J connectivity index is 2.04. The summed E-state index contributed by atoms with van der Waals surface area (Å²) in [7, 11) is 0. The molecule has 134 valence electrons. The van der Waals surface area contributed by atoms with Gasteiger partial charge in [0.05, 0.1) is 0 Å². The maximum Gasteiger partial charge on any atom is 0.220 e. The number of phenols is 1. The van der Waals surface area contributed by atoms with Gasteiger partial charge in [0.2, 0.25) is 5.91 Å². The first-order chi connectivity index (χ1) is 11.2. The summed E-state index contributed by atoms with van der Waals surface area (Å²) in [5, 5.41) is 13.7. The smallest absolute Gasteiger partial charge is 0.220 e. The number of aryl methyl sites for hydroxylation is 1. The number of benzene rings is 1. The molecule has 3 heteroatoms. The van der Waals surface area contributed by atoms with E-state index in [1.807, 2.05) is 6.92 Å². The minimum Gasteiger partial charge on any atom is -0.507 e. The normalized spacial score (nSPS) is 16.2. The van der Waals surface area contributed by atoms with Gasteiger partial charge in [-0.1, -0.05) is 46.1 Å². The maximum absolute atomic E-state index is 12.2. The highest BCUT2D eigenvalue weighted by Gasteiger charge is 2.22. The van der Waals surface area contributed by atoms with Crippen molar-refractivity contribution in [2.45, 2.75) is 91.0 Å². The molecular weight excluding hydrogens is 298 g/mol. The largest absolute Gasteiger partial charge is 0.507 e. The molecule has 1 fully saturated rings. The van der Waals surface area contributed by atoms with E-state index in [1.54, 1.807) is 0 Å². The van der Waals surface area contributed by atoms with Crippen LogP contribution in [0.4, 0.5) is 0 Å². The minimum atomic E-state index is -0.0868. The predicted molar refractivity (Wildman–Crippen MR) is 99.6 cm³/mol. The molecule has 0 heterocycles. The van der Waals surface area contributed by atoms with Gasteiger partial charge in [-0.2, -0.15) is 0 Å². The van der Waals surface area contributed by atoms with Crippen molar-refractivity contribution in [2.75, 3.05) is 0 Å². The molecule has 1 aromatic carbocycles. The van der Waals surface area contributed by atoms with Gasteiger partial charge >= 0.3 is 0 Å². The number of hydrogen-bond donors (Lipinski definition) is 2. The number of carbonyl (C=O) groups excluding carboxylic acids is 1. The third-order valence-corrected chi connectivity index (χ3v) is 5.28. The van der Waals surface area contributed by atoms with Crippen LogP contribution in [0.25, 0.3) is 0 Å². The molecule has 0 saturated heterocycles. The number of hydrogen-bond acceptors (Lipinski definition) is 2. The van der Waals surface area contributed by atoms with Crippen molar-refractivity contribution in [3.8, 4) is 5.75 Å². The molecule has 0 aliphatic heterocycles. The summed E-state index contributed by atoms with van der Waals surface area (Å²) in [6, 6.07) is 2.45. The fourth-order valence-electron chi connectivity index (χ4n) is 3.75. The van der Waals surface area contributed by atoms with Crippen LogP contribution in [0.15, 0.2) is 6.07 Å². The van der Waals surface area contributed by atoms with Crippen LogP contribution >= 0.6 is 0 Å². The van der Waals surface area contributed by atoms with E-state index in [1.165, 1.54) is 24.8 Å². The zero-order chi connectivity index (χ0) is 17.9. The van der Waals surface area contributed by atoms with E-state index in [-0.39, 0.29) is 11.3 Å². The Morgan fingerprint density at radius 2 is 1.83 bits per heavy atom. The van der Waals surface area contributed by atoms with Crippen molar-refractivity contribution in [1.82, 2.24) is 5.32 Å². The minimum absolute atomic E-state index is 0.0868. The molecule has 0 aromatic heterocycles. The number of carbonyl (C=O) groups is 1. The molecule has 1 saturated carbocycles. The van der Waals surface area contributed by atoms with Gasteiger partial charge in [0.1, 0.15) is 5.75 Å². The van der Waals surface area contributed by atoms with Gasteiger partial charge in [-0.3, -0.25) is 4.79 Å². The van der Waals surface area contributed by atoms with E-state index in [4.69, 9.17) is 0 Å². The molecule has 24 heavy (non-hydrogen) atoms. The molecule has 2 N–H and O–H groups in total. The number of amides is 1. The third-order valence-electron chi connectivity index (χ3n) is 5.28. The van der Waals surface area contributed by atoms with Crippen molar-refractivity contribution in [3.63, 3.8) is 0 Å². The van der Waals surface area contributed by atoms with E-state index in [0.29, 0.717) is 24.6 Å². The van der Waals surface area contributed by atoms with E-state index < -0.39 is 0 Å². The van der Waals surface area contributed by atoms with Gasteiger partial charge in [0.25, 0.3) is 0 Å². The Morgan fingerprint density at radius 3 is 2.42 bits per heavy atom. The van der Waals surface area contributed by atoms with Crippen LogP contribution in [0.2, 0.25) is 0 Å². The summed E-state index contributed by atoms with van der Waals surface area (Å²) in [5.41, 5.74) is 4.09. The Labute approximate surface area is 146 Å². The quantitative estimate of drug-likeness (QED) is 0.841. The van der Waals surface area contributed by atoms with Crippen molar-refractivity contribution < 1.29 is 9.90 Å². The monoisotopic (exact) mass is 331 g/mol. The Kier molecular flexibility index (Phi) is 5.95. The molecule has 0 bridgehead atoms. The predicted octanol–water partition coefficient (Wildman–Crippen LogP) is 4.69. The summed E-state index contributed by atoms with van der Waals surface area (Å²) in [6.45, 7) is 10.4. The molecular formula is C21H33NO2. The zero-order valence-electron chi connectivity index (χ0n) is 16.0. The highest BCUT2D eigenvalue weighted by molar-refractivity contribution is 5.76. The summed E-state index contributed by atoms with van der Waals surface area (Å²) < 4.78 is 0. The van der Waals surface area contributed by atoms with Crippen LogP contribution < -0.4 is 5.32 Å². The van der Waals surface area contributed by atoms with Crippen LogP contribution in [0, 0.1) is 13.8 Å². The summed E-state index contributed by atoms with van der Waals surface area (Å²) in [4.78, 5) is 12.2. The van der Waals surface area contributed by atoms with Crippen molar-refractivity contribution >= 4 is 5.91 Å². The molecule has 0 radical (unpaired) electrons. The van der Waals surface area contributed by atoms with Gasteiger partial charge in [-0.05, 0) is 60.8 Å². The fourth-order valence-corrected chi connectivity index (χ4v) is 3.75. The lowest BCUT2D eigenvalue weighted by Gasteiger charge is -2.25. The standard InChI is InChI=1S/C21H33NO2/c1-14-13-18(21(3,4)5)20(24)15(2)17(14)11-12-19(23)22-16-9-7-6-8-10-16/h13,16,24H,6-12H2,1-5H3,(H,22,23). The molecule has 1 amide bonds. The van der Waals surface area contributed by atoms with Crippen LogP contribution in [-0.4, -0.2) is 17.1 Å². The summed E-state index contributed by atoms with van der Waals surface area (Å²) in [5.74, 6) is 0.524. The van der Waals surface area contributed by atoms with E-state index in [9.17, 15) is 9.90 Å². The summed E-state index contributed by atoms with van der Waals surface area (Å²) >= 11 is 0. The molecule has 0 atom stereocenters. The Hall–Kier alpha value is -1.51. The van der Waals surface area contributed by atoms with Crippen molar-refractivity contribution in [1.29, 1.82) is 0 Å². The first-order valence-electron chi connectivity index (χ1n) is 9.32. The second-order valence-electron chi connectivity index (χ2n) is 8.35. The van der Waals surface area contributed by atoms with Gasteiger partial charge in [-0.15, -0.1) is 0 Å². The van der Waals surface area contributed by atoms with Crippen LogP contribution in [0.5, 0.6) is 5.75 Å². The van der Waals surface area contributed by atoms with Gasteiger partial charge in [0, 0.05) is 12.5 Å². The van der Waals surface area contributed by atoms with Gasteiger partial charge in [0.15, 0.2) is 0 Å². The van der Waals surface area contributed by atoms with Crippen molar-refractivity contribution in [2.24, 2.45) is 0 Å². The Morgan fingerprint density at radius 1 is 1.21 bits per heavy atom. The SMILES string of the molecule is Cc1cc(C(C)(C)C)c(O)c(C)c1CCC(=O)NC1CCCCC1. The van der Waals surface area contributed by atoms with E-state index >= 15 is 0 Å². The maximum atomic E-state index is 12.2. The number of phenolic OH excluding ortho intramolecular Hbond substituents is 1. The molecule has 1 aromatic rings. The highest BCUT2D eigenvalue weighted by Crippen LogP contribution is 2.36. The molecule has 0 unspecified atom stereocenters. The second kappa shape index (κ2) is 7.58. The van der Waals surface area contributed by atoms with E-state index in [0.717, 1.165) is 29.5 Å². The summed E-state index contributed by atoms with van der Waals surface area (Å²) in [6.07, 6.45) is 7.16. The average Bonchev–Trinajstić information content (AvgIpc) is 2.50. The Bertz CT molecular complexity index is 593. The first kappa shape index (κ1) is 18.8. The van der Waals surface area contributed by atoms with Gasteiger partial charge in [-0.25, -0.2) is 0 Å². The number of aromatic hydroxyl groups is 1. The topological polar surface area (TPSA) is 49.3 Å². The van der Waals surface area contributed by atoms with Crippen molar-refractivity contribution in [3.05, 3.63) is 28.3 Å². The molecule has 3 nitrogen and oxygen atoms in total. The lowest BCUT2D eigenvalue weighted by Crippen LogP contribution is -2.36. The molecule has 2 rings (SSSR count). The lowest BCUT2D eigenvalue weighted by atomic mass is 9.82. The molecule has 0 spiro atoms. The third kappa shape index (κ3) is 4.52. The van der Waals surface area contributed by atoms with Crippen LogP contribution in [0.3, 0.4) is 0 Å². The number of nitrogens with one attached hydrogen (secondary N) is 1. The first-order valence-corrected chi connectivity index (χ1v) is 9.32. The highest BCUT2D eigenvalue weighted by atomic mass is 16.3. The van der Waals surface area contributed by atoms with E-state index in [2.05, 4.69) is 39.1 Å². The number of rotatable bonds is 4. The van der Waals surface area contributed by atoms with Crippen LogP contribution in [-0.2, 0) is 16.6 Å². The molecule has 1 aliphatic carbocycles. The average molecular weight is 332 g/mol. The lowest BCUT2D eigenvalue weighted by molar-refractivity contribution is -0.121.